The number of benzene rings is 2. The molecule has 2 aliphatic heterocycles. The first kappa shape index (κ1) is 17.6. The lowest BCUT2D eigenvalue weighted by molar-refractivity contribution is -0.138. The molecular weight excluding hydrogens is 394 g/mol. The third-order valence-corrected chi connectivity index (χ3v) is 7.09. The predicted octanol–water partition coefficient (Wildman–Crippen LogP) is 4.21. The fourth-order valence-corrected chi connectivity index (χ4v) is 5.32. The van der Waals surface area contributed by atoms with E-state index in [0.29, 0.717) is 18.1 Å². The van der Waals surface area contributed by atoms with Crippen LogP contribution in [0.5, 0.6) is 0 Å². The van der Waals surface area contributed by atoms with Crippen molar-refractivity contribution in [3.8, 4) is 0 Å². The molecule has 1 unspecified atom stereocenters. The number of anilines is 1. The van der Waals surface area contributed by atoms with Gasteiger partial charge in [0, 0.05) is 51.6 Å². The van der Waals surface area contributed by atoms with Gasteiger partial charge >= 0.3 is 0 Å². The van der Waals surface area contributed by atoms with Crippen molar-refractivity contribution in [2.24, 2.45) is 0 Å². The average molecular weight is 412 g/mol. The number of fused-ring (bicyclic) bond motifs is 4. The minimum absolute atomic E-state index is 0.161. The van der Waals surface area contributed by atoms with Gasteiger partial charge in [0.2, 0.25) is 11.8 Å². The lowest BCUT2D eigenvalue weighted by atomic mass is 10.0. The van der Waals surface area contributed by atoms with E-state index >= 15 is 0 Å². The highest BCUT2D eigenvalue weighted by atomic mass is 35.5. The van der Waals surface area contributed by atoms with Gasteiger partial charge in [-0.25, -0.2) is 0 Å². The van der Waals surface area contributed by atoms with E-state index in [1.807, 2.05) is 42.5 Å². The van der Waals surface area contributed by atoms with Crippen LogP contribution < -0.4 is 5.32 Å². The van der Waals surface area contributed by atoms with Gasteiger partial charge in [-0.3, -0.25) is 9.59 Å². The molecule has 5 rings (SSSR count). The van der Waals surface area contributed by atoms with Crippen LogP contribution in [0.1, 0.15) is 18.2 Å². The predicted molar refractivity (Wildman–Crippen MR) is 112 cm³/mol. The normalized spacial score (nSPS) is 21.2. The number of amides is 2. The summed E-state index contributed by atoms with van der Waals surface area (Å²) in [7, 11) is 0. The number of H-pyrrole nitrogens is 1. The molecule has 2 amide bonds. The number of halogens is 1. The van der Waals surface area contributed by atoms with Crippen molar-refractivity contribution in [3.05, 3.63) is 58.7 Å². The third-order valence-electron chi connectivity index (χ3n) is 5.52. The van der Waals surface area contributed by atoms with Crippen LogP contribution in [0.3, 0.4) is 0 Å². The molecule has 7 heteroatoms. The summed E-state index contributed by atoms with van der Waals surface area (Å²) in [5.41, 5.74) is 4.00. The quantitative estimate of drug-likeness (QED) is 0.589. The summed E-state index contributed by atoms with van der Waals surface area (Å²) in [5, 5.41) is 4.60. The third kappa shape index (κ3) is 2.63. The van der Waals surface area contributed by atoms with Gasteiger partial charge < -0.3 is 15.2 Å². The number of hydrogen-bond acceptors (Lipinski definition) is 3. The fourth-order valence-electron chi connectivity index (χ4n) is 3.97. The number of carbonyl (C=O) groups is 2. The summed E-state index contributed by atoms with van der Waals surface area (Å²) >= 11 is 7.50. The van der Waals surface area contributed by atoms with Crippen molar-refractivity contribution in [2.75, 3.05) is 11.9 Å². The first-order valence-corrected chi connectivity index (χ1v) is 10.3. The highest BCUT2D eigenvalue weighted by molar-refractivity contribution is 8.02. The van der Waals surface area contributed by atoms with E-state index in [-0.39, 0.29) is 11.8 Å². The Hall–Kier alpha value is -2.44. The number of nitrogens with one attached hydrogen (secondary N) is 2. The average Bonchev–Trinajstić information content (AvgIpc) is 3.05. The summed E-state index contributed by atoms with van der Waals surface area (Å²) in [6.07, 6.45) is 0.728. The van der Waals surface area contributed by atoms with Gasteiger partial charge in [0.1, 0.15) is 0 Å². The fraction of sp³-hybridized carbons (Fsp3) is 0.238. The summed E-state index contributed by atoms with van der Waals surface area (Å²) < 4.78 is -1.18. The number of aromatic nitrogens is 1. The minimum Gasteiger partial charge on any atom is -0.358 e. The Morgan fingerprint density at radius 3 is 2.93 bits per heavy atom. The minimum atomic E-state index is -1.18. The molecule has 0 fully saturated rings. The maximum Gasteiger partial charge on any atom is 0.250 e. The van der Waals surface area contributed by atoms with E-state index in [2.05, 4.69) is 10.3 Å². The molecule has 3 aromatic rings. The maximum absolute atomic E-state index is 13.4. The SMILES string of the molecule is CC1(C(=O)N2CCc3[nH]c4ccc(Cl)cc4c3C2)Sc2ccccc2NC1=O. The number of aromatic amines is 1. The Morgan fingerprint density at radius 2 is 2.07 bits per heavy atom. The van der Waals surface area contributed by atoms with Crippen LogP contribution in [0.2, 0.25) is 5.02 Å². The molecule has 2 aliphatic rings. The summed E-state index contributed by atoms with van der Waals surface area (Å²) in [4.78, 5) is 32.4. The number of thioether (sulfide) groups is 1. The van der Waals surface area contributed by atoms with Crippen LogP contribution in [0, 0.1) is 0 Å². The van der Waals surface area contributed by atoms with E-state index in [1.54, 1.807) is 11.8 Å². The zero-order valence-electron chi connectivity index (χ0n) is 15.2. The van der Waals surface area contributed by atoms with Crippen molar-refractivity contribution >= 4 is 51.8 Å². The van der Waals surface area contributed by atoms with Crippen molar-refractivity contribution in [2.45, 2.75) is 29.5 Å². The molecule has 28 heavy (non-hydrogen) atoms. The van der Waals surface area contributed by atoms with Crippen molar-refractivity contribution in [1.29, 1.82) is 0 Å². The van der Waals surface area contributed by atoms with Crippen molar-refractivity contribution in [1.82, 2.24) is 9.88 Å². The molecule has 0 spiro atoms. The molecule has 0 aliphatic carbocycles. The van der Waals surface area contributed by atoms with Crippen molar-refractivity contribution in [3.63, 3.8) is 0 Å². The van der Waals surface area contributed by atoms with Crippen LogP contribution >= 0.6 is 23.4 Å². The van der Waals surface area contributed by atoms with E-state index in [4.69, 9.17) is 11.6 Å². The monoisotopic (exact) mass is 411 g/mol. The molecule has 142 valence electrons. The smallest absolute Gasteiger partial charge is 0.250 e. The van der Waals surface area contributed by atoms with Gasteiger partial charge in [-0.1, -0.05) is 35.5 Å². The van der Waals surface area contributed by atoms with E-state index < -0.39 is 4.75 Å². The van der Waals surface area contributed by atoms with Crippen LogP contribution in [0.4, 0.5) is 5.69 Å². The number of para-hydroxylation sites is 1. The number of hydrogen-bond donors (Lipinski definition) is 2. The number of nitrogens with zero attached hydrogens (tertiary/aromatic N) is 1. The lowest BCUT2D eigenvalue weighted by Gasteiger charge is -2.37. The Balaban J connectivity index is 1.47. The highest BCUT2D eigenvalue weighted by Gasteiger charge is 2.48. The molecule has 2 N–H and O–H groups in total. The first-order valence-electron chi connectivity index (χ1n) is 9.13. The molecule has 1 atom stereocenters. The molecule has 1 aromatic heterocycles. The van der Waals surface area contributed by atoms with Crippen LogP contribution in [-0.2, 0) is 22.6 Å². The molecule has 0 bridgehead atoms. The largest absolute Gasteiger partial charge is 0.358 e. The van der Waals surface area contributed by atoms with Gasteiger partial charge in [0.05, 0.1) is 5.69 Å². The second-order valence-corrected chi connectivity index (χ2v) is 9.23. The van der Waals surface area contributed by atoms with Gasteiger partial charge in [-0.05, 0) is 37.3 Å². The van der Waals surface area contributed by atoms with E-state index in [0.717, 1.165) is 39.2 Å². The zero-order chi connectivity index (χ0) is 19.5. The van der Waals surface area contributed by atoms with Crippen LogP contribution in [0.15, 0.2) is 47.4 Å². The van der Waals surface area contributed by atoms with E-state index in [1.165, 1.54) is 11.8 Å². The summed E-state index contributed by atoms with van der Waals surface area (Å²) in [6, 6.07) is 13.3. The van der Waals surface area contributed by atoms with Gasteiger partial charge in [0.25, 0.3) is 0 Å². The second kappa shape index (κ2) is 6.29. The molecule has 0 radical (unpaired) electrons. The summed E-state index contributed by atoms with van der Waals surface area (Å²) in [5.74, 6) is -0.430. The molecule has 2 aromatic carbocycles. The van der Waals surface area contributed by atoms with Crippen LogP contribution in [0.25, 0.3) is 10.9 Å². The Labute approximate surface area is 171 Å². The van der Waals surface area contributed by atoms with Gasteiger partial charge in [0.15, 0.2) is 4.75 Å². The standard InChI is InChI=1S/C21H18ClN3O2S/c1-21(19(26)24-17-4-2-3-5-18(17)28-21)20(27)25-9-8-16-14(11-25)13-10-12(22)6-7-15(13)23-16/h2-7,10,23H,8-9,11H2,1H3,(H,24,26). The molecule has 0 saturated carbocycles. The maximum atomic E-state index is 13.4. The second-order valence-electron chi connectivity index (χ2n) is 7.33. The zero-order valence-corrected chi connectivity index (χ0v) is 16.8. The lowest BCUT2D eigenvalue weighted by Crippen LogP contribution is -2.54. The Morgan fingerprint density at radius 1 is 1.25 bits per heavy atom. The number of carbonyl (C=O) groups excluding carboxylic acids is 2. The number of rotatable bonds is 1. The molecule has 3 heterocycles. The van der Waals surface area contributed by atoms with E-state index in [9.17, 15) is 9.59 Å². The first-order chi connectivity index (χ1) is 13.5. The topological polar surface area (TPSA) is 65.2 Å². The Bertz CT molecular complexity index is 1140. The molecular formula is C21H18ClN3O2S. The van der Waals surface area contributed by atoms with Gasteiger partial charge in [-0.2, -0.15) is 0 Å². The van der Waals surface area contributed by atoms with Crippen LogP contribution in [-0.4, -0.2) is 33.0 Å². The molecule has 5 nitrogen and oxygen atoms in total. The van der Waals surface area contributed by atoms with Crippen molar-refractivity contribution < 1.29 is 9.59 Å². The Kier molecular flexibility index (Phi) is 3.96. The van der Waals surface area contributed by atoms with Gasteiger partial charge in [-0.15, -0.1) is 0 Å². The molecule has 0 saturated heterocycles. The summed E-state index contributed by atoms with van der Waals surface area (Å²) in [6.45, 7) is 2.77. The highest BCUT2D eigenvalue weighted by Crippen LogP contribution is 2.44.